The Morgan fingerprint density at radius 3 is 2.68 bits per heavy atom. The standard InChI is InChI=1S/C15H28N4/c1-11(2)16-9-12(3)17-10-15-13-7-5-4-6-8-14(13)18-19-15/h11-12,16-17H,4-10H2,1-3H3,(H,18,19). The molecule has 0 saturated heterocycles. The van der Waals surface area contributed by atoms with Crippen LogP contribution in [-0.2, 0) is 19.4 Å². The third-order valence-corrected chi connectivity index (χ3v) is 3.84. The van der Waals surface area contributed by atoms with Crippen LogP contribution in [0.1, 0.15) is 57.0 Å². The van der Waals surface area contributed by atoms with Crippen LogP contribution in [0.2, 0.25) is 0 Å². The van der Waals surface area contributed by atoms with Crippen molar-refractivity contribution in [3.05, 3.63) is 17.0 Å². The Hall–Kier alpha value is -0.870. The monoisotopic (exact) mass is 264 g/mol. The quantitative estimate of drug-likeness (QED) is 0.690. The summed E-state index contributed by atoms with van der Waals surface area (Å²) in [7, 11) is 0. The van der Waals surface area contributed by atoms with E-state index in [0.717, 1.165) is 13.1 Å². The molecule has 1 aliphatic carbocycles. The summed E-state index contributed by atoms with van der Waals surface area (Å²) in [5.41, 5.74) is 4.09. The highest BCUT2D eigenvalue weighted by Gasteiger charge is 2.15. The number of nitrogens with one attached hydrogen (secondary N) is 3. The van der Waals surface area contributed by atoms with E-state index in [1.807, 2.05) is 0 Å². The molecule has 2 rings (SSSR count). The van der Waals surface area contributed by atoms with Gasteiger partial charge in [0.2, 0.25) is 0 Å². The molecule has 4 nitrogen and oxygen atoms in total. The number of aryl methyl sites for hydroxylation is 1. The molecule has 0 aliphatic heterocycles. The maximum Gasteiger partial charge on any atom is 0.0794 e. The van der Waals surface area contributed by atoms with Crippen LogP contribution in [-0.4, -0.2) is 28.8 Å². The van der Waals surface area contributed by atoms with Crippen molar-refractivity contribution in [2.45, 2.75) is 71.5 Å². The molecule has 1 unspecified atom stereocenters. The number of nitrogens with zero attached hydrogens (tertiary/aromatic N) is 1. The summed E-state index contributed by atoms with van der Waals surface area (Å²) in [6, 6.07) is 1.02. The van der Waals surface area contributed by atoms with Gasteiger partial charge in [0.15, 0.2) is 0 Å². The van der Waals surface area contributed by atoms with Crippen LogP contribution in [0.3, 0.4) is 0 Å². The second-order valence-corrected chi connectivity index (χ2v) is 6.03. The zero-order chi connectivity index (χ0) is 13.7. The Balaban J connectivity index is 1.84. The van der Waals surface area contributed by atoms with Gasteiger partial charge in [-0.15, -0.1) is 0 Å². The molecule has 1 atom stereocenters. The molecule has 0 fully saturated rings. The van der Waals surface area contributed by atoms with Gasteiger partial charge in [-0.2, -0.15) is 5.10 Å². The number of rotatable bonds is 6. The molecule has 1 heterocycles. The zero-order valence-electron chi connectivity index (χ0n) is 12.6. The molecule has 1 aliphatic rings. The minimum Gasteiger partial charge on any atom is -0.313 e. The van der Waals surface area contributed by atoms with Crippen molar-refractivity contribution in [1.82, 2.24) is 20.8 Å². The molecule has 0 bridgehead atoms. The van der Waals surface area contributed by atoms with Crippen molar-refractivity contribution >= 4 is 0 Å². The molecule has 4 heteroatoms. The van der Waals surface area contributed by atoms with E-state index < -0.39 is 0 Å². The van der Waals surface area contributed by atoms with E-state index in [0.29, 0.717) is 12.1 Å². The summed E-state index contributed by atoms with van der Waals surface area (Å²) in [5, 5.41) is 14.8. The molecular formula is C15H28N4. The first-order chi connectivity index (χ1) is 9.16. The predicted octanol–water partition coefficient (Wildman–Crippen LogP) is 2.15. The fraction of sp³-hybridized carbons (Fsp3) is 0.800. The van der Waals surface area contributed by atoms with E-state index >= 15 is 0 Å². The van der Waals surface area contributed by atoms with Gasteiger partial charge in [0, 0.05) is 30.9 Å². The van der Waals surface area contributed by atoms with Crippen LogP contribution in [0.15, 0.2) is 0 Å². The second kappa shape index (κ2) is 7.06. The smallest absolute Gasteiger partial charge is 0.0794 e. The minimum absolute atomic E-state index is 0.473. The van der Waals surface area contributed by atoms with E-state index in [9.17, 15) is 0 Å². The van der Waals surface area contributed by atoms with Crippen LogP contribution in [0.5, 0.6) is 0 Å². The molecule has 0 amide bonds. The van der Waals surface area contributed by atoms with Crippen LogP contribution in [0.25, 0.3) is 0 Å². The highest BCUT2D eigenvalue weighted by molar-refractivity contribution is 5.26. The van der Waals surface area contributed by atoms with Crippen molar-refractivity contribution in [3.63, 3.8) is 0 Å². The third kappa shape index (κ3) is 4.32. The molecule has 0 saturated carbocycles. The molecule has 0 radical (unpaired) electrons. The van der Waals surface area contributed by atoms with Crippen molar-refractivity contribution in [2.75, 3.05) is 6.54 Å². The average Bonchev–Trinajstić information content (AvgIpc) is 2.61. The van der Waals surface area contributed by atoms with Gasteiger partial charge in [0.25, 0.3) is 0 Å². The van der Waals surface area contributed by atoms with Gasteiger partial charge >= 0.3 is 0 Å². The van der Waals surface area contributed by atoms with Gasteiger partial charge in [-0.1, -0.05) is 20.3 Å². The molecule has 19 heavy (non-hydrogen) atoms. The molecule has 0 aromatic carbocycles. The highest BCUT2D eigenvalue weighted by Crippen LogP contribution is 2.21. The lowest BCUT2D eigenvalue weighted by Gasteiger charge is -2.16. The normalized spacial score (nSPS) is 17.3. The number of fused-ring (bicyclic) bond motifs is 1. The highest BCUT2D eigenvalue weighted by atomic mass is 15.1. The van der Waals surface area contributed by atoms with Crippen LogP contribution in [0, 0.1) is 0 Å². The fourth-order valence-electron chi connectivity index (χ4n) is 2.63. The molecule has 0 spiro atoms. The molecular weight excluding hydrogens is 236 g/mol. The first kappa shape index (κ1) is 14.5. The topological polar surface area (TPSA) is 52.7 Å². The lowest BCUT2D eigenvalue weighted by atomic mass is 10.1. The Morgan fingerprint density at radius 2 is 1.89 bits per heavy atom. The number of hydrogen-bond donors (Lipinski definition) is 3. The Morgan fingerprint density at radius 1 is 1.11 bits per heavy atom. The molecule has 3 N–H and O–H groups in total. The van der Waals surface area contributed by atoms with Gasteiger partial charge in [-0.3, -0.25) is 5.10 Å². The number of aromatic nitrogens is 2. The zero-order valence-corrected chi connectivity index (χ0v) is 12.6. The summed E-state index contributed by atoms with van der Waals surface area (Å²) < 4.78 is 0. The minimum atomic E-state index is 0.473. The second-order valence-electron chi connectivity index (χ2n) is 6.03. The van der Waals surface area contributed by atoms with Gasteiger partial charge < -0.3 is 10.6 Å². The third-order valence-electron chi connectivity index (χ3n) is 3.84. The number of aromatic amines is 1. The van der Waals surface area contributed by atoms with Gasteiger partial charge in [0.1, 0.15) is 0 Å². The van der Waals surface area contributed by atoms with Crippen LogP contribution >= 0.6 is 0 Å². The lowest BCUT2D eigenvalue weighted by molar-refractivity contribution is 0.470. The number of hydrogen-bond acceptors (Lipinski definition) is 3. The molecule has 1 aromatic rings. The lowest BCUT2D eigenvalue weighted by Crippen LogP contribution is -2.38. The largest absolute Gasteiger partial charge is 0.313 e. The summed E-state index contributed by atoms with van der Waals surface area (Å²) in [6.45, 7) is 8.47. The summed E-state index contributed by atoms with van der Waals surface area (Å²) >= 11 is 0. The average molecular weight is 264 g/mol. The van der Waals surface area contributed by atoms with Crippen molar-refractivity contribution < 1.29 is 0 Å². The van der Waals surface area contributed by atoms with Gasteiger partial charge in [-0.25, -0.2) is 0 Å². The summed E-state index contributed by atoms with van der Waals surface area (Å²) in [4.78, 5) is 0. The SMILES string of the molecule is CC(C)NCC(C)NCc1n[nH]c2c1CCCCC2. The van der Waals surface area contributed by atoms with Crippen molar-refractivity contribution in [2.24, 2.45) is 0 Å². The van der Waals surface area contributed by atoms with E-state index in [-0.39, 0.29) is 0 Å². The van der Waals surface area contributed by atoms with Gasteiger partial charge in [-0.05, 0) is 38.2 Å². The van der Waals surface area contributed by atoms with Crippen LogP contribution < -0.4 is 10.6 Å². The first-order valence-corrected chi connectivity index (χ1v) is 7.68. The Bertz CT molecular complexity index is 383. The maximum atomic E-state index is 4.50. The predicted molar refractivity (Wildman–Crippen MR) is 79.3 cm³/mol. The van der Waals surface area contributed by atoms with Crippen LogP contribution in [0.4, 0.5) is 0 Å². The van der Waals surface area contributed by atoms with Gasteiger partial charge in [0.05, 0.1) is 5.69 Å². The van der Waals surface area contributed by atoms with E-state index in [1.54, 1.807) is 0 Å². The first-order valence-electron chi connectivity index (χ1n) is 7.68. The Kier molecular flexibility index (Phi) is 5.40. The summed E-state index contributed by atoms with van der Waals surface area (Å²) in [6.07, 6.45) is 6.33. The molecule has 1 aromatic heterocycles. The number of H-pyrrole nitrogens is 1. The van der Waals surface area contributed by atoms with Crippen molar-refractivity contribution in [3.8, 4) is 0 Å². The van der Waals surface area contributed by atoms with Crippen molar-refractivity contribution in [1.29, 1.82) is 0 Å². The van der Waals surface area contributed by atoms with E-state index in [2.05, 4.69) is 41.6 Å². The van der Waals surface area contributed by atoms with E-state index in [1.165, 1.54) is 49.1 Å². The van der Waals surface area contributed by atoms with E-state index in [4.69, 9.17) is 0 Å². The molecule has 108 valence electrons. The fourth-order valence-corrected chi connectivity index (χ4v) is 2.63. The Labute approximate surface area is 116 Å². The maximum absolute atomic E-state index is 4.50. The summed E-state index contributed by atoms with van der Waals surface area (Å²) in [5.74, 6) is 0.